The number of nitrogens with zero attached hydrogens (tertiary/aromatic N) is 1. The molecule has 2 heterocycles. The zero-order valence-corrected chi connectivity index (χ0v) is 12.6. The molecule has 102 valence electrons. The molecule has 0 aromatic carbocycles. The molecule has 3 nitrogen and oxygen atoms in total. The van der Waals surface area contributed by atoms with Crippen molar-refractivity contribution in [1.29, 1.82) is 0 Å². The van der Waals surface area contributed by atoms with Gasteiger partial charge in [0.05, 0.1) is 5.52 Å². The second kappa shape index (κ2) is 5.21. The highest BCUT2D eigenvalue weighted by atomic mass is 32.1. The molecule has 0 radical (unpaired) electrons. The molecular formula is C14H18N2OS2. The lowest BCUT2D eigenvalue weighted by Gasteiger charge is -2.29. The lowest BCUT2D eigenvalue weighted by molar-refractivity contribution is 0.225. The average Bonchev–Trinajstić information content (AvgIpc) is 2.84. The fourth-order valence-electron chi connectivity index (χ4n) is 3.04. The zero-order valence-electron chi connectivity index (χ0n) is 11.0. The van der Waals surface area contributed by atoms with Gasteiger partial charge in [-0.25, -0.2) is 0 Å². The van der Waals surface area contributed by atoms with Crippen LogP contribution in [0.4, 0.5) is 0 Å². The van der Waals surface area contributed by atoms with Crippen LogP contribution >= 0.6 is 23.6 Å². The molecule has 2 atom stereocenters. The van der Waals surface area contributed by atoms with E-state index in [1.54, 1.807) is 4.57 Å². The van der Waals surface area contributed by atoms with Crippen molar-refractivity contribution in [2.75, 3.05) is 0 Å². The predicted molar refractivity (Wildman–Crippen MR) is 82.4 cm³/mol. The minimum Gasteiger partial charge on any atom is -0.331 e. The van der Waals surface area contributed by atoms with E-state index >= 15 is 0 Å². The number of rotatable bonds is 2. The lowest BCUT2D eigenvalue weighted by atomic mass is 9.80. The number of thiophene rings is 1. The molecule has 0 aliphatic heterocycles. The summed E-state index contributed by atoms with van der Waals surface area (Å²) in [7, 11) is 0. The van der Waals surface area contributed by atoms with Crippen LogP contribution in [0.2, 0.25) is 0 Å². The average molecular weight is 294 g/mol. The Labute approximate surface area is 121 Å². The van der Waals surface area contributed by atoms with E-state index in [4.69, 9.17) is 12.2 Å². The van der Waals surface area contributed by atoms with E-state index in [2.05, 4.69) is 11.9 Å². The van der Waals surface area contributed by atoms with Crippen LogP contribution in [0.1, 0.15) is 32.6 Å². The van der Waals surface area contributed by atoms with Crippen LogP contribution in [0.15, 0.2) is 16.2 Å². The van der Waals surface area contributed by atoms with E-state index in [0.29, 0.717) is 16.6 Å². The number of nitrogens with one attached hydrogen (secondary N) is 1. The molecule has 1 aliphatic carbocycles. The van der Waals surface area contributed by atoms with Crippen molar-refractivity contribution >= 4 is 33.8 Å². The van der Waals surface area contributed by atoms with Gasteiger partial charge in [-0.1, -0.05) is 26.2 Å². The van der Waals surface area contributed by atoms with Gasteiger partial charge in [0.1, 0.15) is 4.70 Å². The second-order valence-corrected chi connectivity index (χ2v) is 6.83. The summed E-state index contributed by atoms with van der Waals surface area (Å²) in [6, 6.07) is 1.92. The Balaban J connectivity index is 2.00. The maximum absolute atomic E-state index is 12.5. The summed E-state index contributed by atoms with van der Waals surface area (Å²) >= 11 is 6.84. The largest absolute Gasteiger partial charge is 0.331 e. The molecular weight excluding hydrogens is 276 g/mol. The van der Waals surface area contributed by atoms with E-state index in [0.717, 1.165) is 16.8 Å². The topological polar surface area (TPSA) is 37.8 Å². The molecule has 0 spiro atoms. The van der Waals surface area contributed by atoms with Crippen LogP contribution in [-0.4, -0.2) is 9.55 Å². The van der Waals surface area contributed by atoms with Crippen molar-refractivity contribution in [3.63, 3.8) is 0 Å². The Morgan fingerprint density at radius 3 is 3.05 bits per heavy atom. The summed E-state index contributed by atoms with van der Waals surface area (Å²) in [5.74, 6) is 1.27. The van der Waals surface area contributed by atoms with Crippen LogP contribution < -0.4 is 5.56 Å². The maximum Gasteiger partial charge on any atom is 0.272 e. The van der Waals surface area contributed by atoms with E-state index < -0.39 is 0 Å². The third-order valence-electron chi connectivity index (χ3n) is 4.30. The first-order valence-electron chi connectivity index (χ1n) is 6.87. The van der Waals surface area contributed by atoms with Crippen LogP contribution in [-0.2, 0) is 6.54 Å². The van der Waals surface area contributed by atoms with Crippen LogP contribution in [0.25, 0.3) is 10.2 Å². The highest BCUT2D eigenvalue weighted by molar-refractivity contribution is 7.71. The van der Waals surface area contributed by atoms with Crippen molar-refractivity contribution in [3.05, 3.63) is 26.6 Å². The van der Waals surface area contributed by atoms with Gasteiger partial charge in [0, 0.05) is 6.54 Å². The number of H-pyrrole nitrogens is 1. The molecule has 1 N–H and O–H groups in total. The number of hydrogen-bond donors (Lipinski definition) is 1. The summed E-state index contributed by atoms with van der Waals surface area (Å²) in [5, 5.41) is 1.94. The Morgan fingerprint density at radius 1 is 1.47 bits per heavy atom. The summed E-state index contributed by atoms with van der Waals surface area (Å²) in [4.78, 5) is 15.6. The molecule has 1 saturated carbocycles. The molecule has 2 aromatic heterocycles. The summed E-state index contributed by atoms with van der Waals surface area (Å²) in [6.45, 7) is 3.06. The molecule has 19 heavy (non-hydrogen) atoms. The fourth-order valence-corrected chi connectivity index (χ4v) is 4.10. The first-order chi connectivity index (χ1) is 9.16. The molecule has 2 aromatic rings. The summed E-state index contributed by atoms with van der Waals surface area (Å²) in [5.41, 5.74) is 0.944. The highest BCUT2D eigenvalue weighted by Crippen LogP contribution is 2.30. The Morgan fingerprint density at radius 2 is 2.26 bits per heavy atom. The van der Waals surface area contributed by atoms with E-state index in [-0.39, 0.29) is 5.56 Å². The monoisotopic (exact) mass is 294 g/mol. The van der Waals surface area contributed by atoms with Gasteiger partial charge < -0.3 is 4.98 Å². The van der Waals surface area contributed by atoms with Gasteiger partial charge >= 0.3 is 0 Å². The zero-order chi connectivity index (χ0) is 13.4. The first kappa shape index (κ1) is 13.1. The quantitative estimate of drug-likeness (QED) is 0.852. The van der Waals surface area contributed by atoms with E-state index in [9.17, 15) is 4.79 Å². The van der Waals surface area contributed by atoms with Crippen molar-refractivity contribution in [2.24, 2.45) is 11.8 Å². The standard InChI is InChI=1S/C14H18N2OS2/c1-9-4-2-3-5-10(9)8-16-13(17)12-11(6-7-19-12)15-14(16)18/h6-7,9-10H,2-5,8H2,1H3,(H,15,18). The maximum atomic E-state index is 12.5. The van der Waals surface area contributed by atoms with Gasteiger partial charge in [-0.15, -0.1) is 11.3 Å². The molecule has 2 unspecified atom stereocenters. The normalized spacial score (nSPS) is 23.8. The van der Waals surface area contributed by atoms with Gasteiger partial charge in [-0.2, -0.15) is 0 Å². The van der Waals surface area contributed by atoms with Crippen LogP contribution in [0.3, 0.4) is 0 Å². The molecule has 0 saturated heterocycles. The number of fused-ring (bicyclic) bond motifs is 1. The first-order valence-corrected chi connectivity index (χ1v) is 8.16. The van der Waals surface area contributed by atoms with E-state index in [1.165, 1.54) is 37.0 Å². The van der Waals surface area contributed by atoms with Crippen molar-refractivity contribution in [3.8, 4) is 0 Å². The minimum absolute atomic E-state index is 0.0755. The van der Waals surface area contributed by atoms with Crippen molar-refractivity contribution in [1.82, 2.24) is 9.55 Å². The van der Waals surface area contributed by atoms with E-state index in [1.807, 2.05) is 11.4 Å². The SMILES string of the molecule is CC1CCCCC1Cn1c(=S)[nH]c2ccsc2c1=O. The molecule has 0 amide bonds. The second-order valence-electron chi connectivity index (χ2n) is 5.53. The van der Waals surface area contributed by atoms with Gasteiger partial charge in [-0.3, -0.25) is 9.36 Å². The summed E-state index contributed by atoms with van der Waals surface area (Å²) in [6.07, 6.45) is 5.09. The third kappa shape index (κ3) is 2.41. The molecule has 0 bridgehead atoms. The van der Waals surface area contributed by atoms with Gasteiger partial charge in [0.2, 0.25) is 0 Å². The fraction of sp³-hybridized carbons (Fsp3) is 0.571. The number of aromatic nitrogens is 2. The summed E-state index contributed by atoms with van der Waals surface area (Å²) < 4.78 is 3.12. The highest BCUT2D eigenvalue weighted by Gasteiger charge is 2.22. The third-order valence-corrected chi connectivity index (χ3v) is 5.52. The molecule has 1 aliphatic rings. The van der Waals surface area contributed by atoms with Gasteiger partial charge in [0.15, 0.2) is 4.77 Å². The van der Waals surface area contributed by atoms with Crippen LogP contribution in [0.5, 0.6) is 0 Å². The number of hydrogen-bond acceptors (Lipinski definition) is 3. The Kier molecular flexibility index (Phi) is 3.58. The molecule has 3 rings (SSSR count). The Bertz CT molecular complexity index is 697. The minimum atomic E-state index is 0.0755. The van der Waals surface area contributed by atoms with Gasteiger partial charge in [-0.05, 0) is 41.9 Å². The van der Waals surface area contributed by atoms with Crippen molar-refractivity contribution in [2.45, 2.75) is 39.2 Å². The number of aromatic amines is 1. The van der Waals surface area contributed by atoms with Gasteiger partial charge in [0.25, 0.3) is 5.56 Å². The molecule has 5 heteroatoms. The van der Waals surface area contributed by atoms with Crippen molar-refractivity contribution < 1.29 is 0 Å². The predicted octanol–water partition coefficient (Wildman–Crippen LogP) is 3.95. The smallest absolute Gasteiger partial charge is 0.272 e. The molecule has 1 fully saturated rings. The lowest BCUT2D eigenvalue weighted by Crippen LogP contribution is -2.29. The Hall–Kier alpha value is -0.940. The van der Waals surface area contributed by atoms with Crippen LogP contribution in [0, 0.1) is 16.6 Å².